The molecular formula is C17H18FN5O3. The van der Waals surface area contributed by atoms with E-state index >= 15 is 0 Å². The Balaban J connectivity index is 1.95. The number of nitrogens with zero attached hydrogens (tertiary/aromatic N) is 3. The highest BCUT2D eigenvalue weighted by molar-refractivity contribution is 5.78. The zero-order chi connectivity index (χ0) is 19.3. The molecule has 1 amide bonds. The molecule has 0 fully saturated rings. The van der Waals surface area contributed by atoms with Gasteiger partial charge >= 0.3 is 5.69 Å². The molecular weight excluding hydrogens is 341 g/mol. The number of benzene rings is 1. The Morgan fingerprint density at radius 1 is 1.15 bits per heavy atom. The van der Waals surface area contributed by atoms with Crippen LogP contribution in [0.15, 0.2) is 33.9 Å². The Hall–Kier alpha value is -3.41. The molecule has 8 nitrogen and oxygen atoms in total. The van der Waals surface area contributed by atoms with Crippen molar-refractivity contribution in [1.29, 1.82) is 5.26 Å². The molecule has 0 aliphatic carbocycles. The topological polar surface area (TPSA) is 109 Å². The number of hydrogen-bond donors (Lipinski definition) is 2. The maximum absolute atomic E-state index is 12.8. The summed E-state index contributed by atoms with van der Waals surface area (Å²) < 4.78 is 14.9. The Morgan fingerprint density at radius 2 is 1.81 bits per heavy atom. The van der Waals surface area contributed by atoms with Crippen molar-refractivity contribution in [3.8, 4) is 6.07 Å². The minimum absolute atomic E-state index is 0.105. The van der Waals surface area contributed by atoms with Crippen LogP contribution >= 0.6 is 0 Å². The van der Waals surface area contributed by atoms with Gasteiger partial charge in [0, 0.05) is 27.2 Å². The van der Waals surface area contributed by atoms with Gasteiger partial charge in [-0.15, -0.1) is 0 Å². The number of anilines is 1. The molecule has 0 radical (unpaired) electrons. The van der Waals surface area contributed by atoms with Crippen LogP contribution in [-0.2, 0) is 25.3 Å². The lowest BCUT2D eigenvalue weighted by Crippen LogP contribution is -2.40. The van der Waals surface area contributed by atoms with Gasteiger partial charge in [-0.2, -0.15) is 5.26 Å². The summed E-state index contributed by atoms with van der Waals surface area (Å²) in [6.45, 7) is 0.429. The van der Waals surface area contributed by atoms with Crippen molar-refractivity contribution < 1.29 is 9.18 Å². The fourth-order valence-electron chi connectivity index (χ4n) is 2.38. The predicted molar refractivity (Wildman–Crippen MR) is 93.2 cm³/mol. The number of hydrogen-bond acceptors (Lipinski definition) is 5. The summed E-state index contributed by atoms with van der Waals surface area (Å²) in [5.74, 6) is -0.517. The molecule has 0 bridgehead atoms. The van der Waals surface area contributed by atoms with Crippen molar-refractivity contribution in [2.75, 3.05) is 18.4 Å². The largest absolute Gasteiger partial charge is 0.368 e. The molecule has 0 saturated heterocycles. The fraction of sp³-hybridized carbons (Fsp3) is 0.294. The molecule has 0 atom stereocenters. The lowest BCUT2D eigenvalue weighted by atomic mass is 10.1. The highest BCUT2D eigenvalue weighted by atomic mass is 19.1. The van der Waals surface area contributed by atoms with Gasteiger partial charge in [0.25, 0.3) is 5.56 Å². The number of carbonyl (C=O) groups excluding carboxylic acids is 1. The monoisotopic (exact) mass is 359 g/mol. The van der Waals surface area contributed by atoms with Crippen LogP contribution < -0.4 is 21.9 Å². The van der Waals surface area contributed by atoms with Crippen molar-refractivity contribution in [1.82, 2.24) is 14.5 Å². The summed E-state index contributed by atoms with van der Waals surface area (Å²) in [6.07, 6.45) is 0.105. The first-order valence-corrected chi connectivity index (χ1v) is 7.80. The number of aromatic nitrogens is 2. The van der Waals surface area contributed by atoms with Gasteiger partial charge in [0.15, 0.2) is 5.56 Å². The summed E-state index contributed by atoms with van der Waals surface area (Å²) in [6, 6.07) is 7.41. The molecule has 2 rings (SSSR count). The average molecular weight is 359 g/mol. The van der Waals surface area contributed by atoms with Gasteiger partial charge in [-0.1, -0.05) is 12.1 Å². The number of carbonyl (C=O) groups is 1. The van der Waals surface area contributed by atoms with Gasteiger partial charge in [-0.3, -0.25) is 18.7 Å². The Bertz CT molecular complexity index is 970. The molecule has 1 heterocycles. The normalized spacial score (nSPS) is 10.2. The summed E-state index contributed by atoms with van der Waals surface area (Å²) in [4.78, 5) is 35.7. The molecule has 136 valence electrons. The van der Waals surface area contributed by atoms with E-state index in [2.05, 4.69) is 10.6 Å². The van der Waals surface area contributed by atoms with Crippen molar-refractivity contribution in [3.63, 3.8) is 0 Å². The van der Waals surface area contributed by atoms with E-state index in [0.717, 1.165) is 4.57 Å². The van der Waals surface area contributed by atoms with Crippen LogP contribution in [0.1, 0.15) is 11.1 Å². The SMILES string of the molecule is Cn1c(NCCNC(=O)Cc2ccc(F)cc2)c(C#N)c(=O)n(C)c1=O. The molecule has 0 aliphatic rings. The standard InChI is InChI=1S/C17H18FN5O3/c1-22-15(13(10-19)16(25)23(2)17(22)26)21-8-7-20-14(24)9-11-3-5-12(18)6-4-11/h3-6,21H,7-9H2,1-2H3,(H,20,24). The Morgan fingerprint density at radius 3 is 2.42 bits per heavy atom. The van der Waals surface area contributed by atoms with Crippen LogP contribution in [0.4, 0.5) is 10.2 Å². The van der Waals surface area contributed by atoms with Crippen LogP contribution in [0.5, 0.6) is 0 Å². The zero-order valence-corrected chi connectivity index (χ0v) is 14.4. The van der Waals surface area contributed by atoms with Crippen molar-refractivity contribution in [2.24, 2.45) is 14.1 Å². The van der Waals surface area contributed by atoms with E-state index in [0.29, 0.717) is 5.56 Å². The second-order valence-corrected chi connectivity index (χ2v) is 5.62. The minimum atomic E-state index is -0.682. The number of amides is 1. The first-order chi connectivity index (χ1) is 12.3. The molecule has 2 aromatic rings. The maximum atomic E-state index is 12.8. The van der Waals surface area contributed by atoms with E-state index in [9.17, 15) is 18.8 Å². The lowest BCUT2D eigenvalue weighted by molar-refractivity contribution is -0.120. The Kier molecular flexibility index (Phi) is 5.90. The van der Waals surface area contributed by atoms with E-state index in [-0.39, 0.29) is 42.6 Å². The van der Waals surface area contributed by atoms with Gasteiger partial charge in [-0.05, 0) is 17.7 Å². The van der Waals surface area contributed by atoms with Gasteiger partial charge in [0.2, 0.25) is 5.91 Å². The first kappa shape index (κ1) is 18.9. The molecule has 2 N–H and O–H groups in total. The molecule has 1 aromatic carbocycles. The zero-order valence-electron chi connectivity index (χ0n) is 14.4. The van der Waals surface area contributed by atoms with Crippen LogP contribution in [0.25, 0.3) is 0 Å². The molecule has 1 aromatic heterocycles. The van der Waals surface area contributed by atoms with Gasteiger partial charge < -0.3 is 10.6 Å². The molecule has 26 heavy (non-hydrogen) atoms. The third-order valence-corrected chi connectivity index (χ3v) is 3.79. The van der Waals surface area contributed by atoms with Crippen molar-refractivity contribution >= 4 is 11.7 Å². The molecule has 0 spiro atoms. The van der Waals surface area contributed by atoms with E-state index in [1.54, 1.807) is 6.07 Å². The average Bonchev–Trinajstić information content (AvgIpc) is 2.63. The summed E-state index contributed by atoms with van der Waals surface area (Å²) in [7, 11) is 2.74. The molecule has 0 aliphatic heterocycles. The summed E-state index contributed by atoms with van der Waals surface area (Å²) >= 11 is 0. The molecule has 0 saturated carbocycles. The number of nitriles is 1. The maximum Gasteiger partial charge on any atom is 0.332 e. The third-order valence-electron chi connectivity index (χ3n) is 3.79. The van der Waals surface area contributed by atoms with E-state index in [1.165, 1.54) is 42.9 Å². The van der Waals surface area contributed by atoms with Crippen LogP contribution in [0.3, 0.4) is 0 Å². The van der Waals surface area contributed by atoms with E-state index < -0.39 is 11.2 Å². The van der Waals surface area contributed by atoms with Gasteiger partial charge in [0.05, 0.1) is 6.42 Å². The highest BCUT2D eigenvalue weighted by Crippen LogP contribution is 2.06. The van der Waals surface area contributed by atoms with E-state index in [1.807, 2.05) is 0 Å². The second-order valence-electron chi connectivity index (χ2n) is 5.62. The summed E-state index contributed by atoms with van der Waals surface area (Å²) in [5, 5.41) is 14.6. The van der Waals surface area contributed by atoms with Crippen LogP contribution in [-0.4, -0.2) is 28.1 Å². The van der Waals surface area contributed by atoms with Crippen molar-refractivity contribution in [3.05, 3.63) is 62.0 Å². The lowest BCUT2D eigenvalue weighted by Gasteiger charge is -2.14. The predicted octanol–water partition coefficient (Wildman–Crippen LogP) is -0.134. The summed E-state index contributed by atoms with van der Waals surface area (Å²) in [5.41, 5.74) is -0.736. The number of rotatable bonds is 6. The minimum Gasteiger partial charge on any atom is -0.368 e. The van der Waals surface area contributed by atoms with Crippen molar-refractivity contribution in [2.45, 2.75) is 6.42 Å². The third kappa shape index (κ3) is 4.16. The first-order valence-electron chi connectivity index (χ1n) is 7.80. The van der Waals surface area contributed by atoms with Gasteiger partial charge in [-0.25, -0.2) is 9.18 Å². The number of halogens is 1. The Labute approximate surface area is 148 Å². The van der Waals surface area contributed by atoms with E-state index in [4.69, 9.17) is 5.26 Å². The fourth-order valence-corrected chi connectivity index (χ4v) is 2.38. The quantitative estimate of drug-likeness (QED) is 0.698. The smallest absolute Gasteiger partial charge is 0.332 e. The molecule has 9 heteroatoms. The molecule has 0 unspecified atom stereocenters. The number of nitrogens with one attached hydrogen (secondary N) is 2. The van der Waals surface area contributed by atoms with Crippen LogP contribution in [0.2, 0.25) is 0 Å². The van der Waals surface area contributed by atoms with Gasteiger partial charge in [0.1, 0.15) is 17.7 Å². The second kappa shape index (κ2) is 8.11. The van der Waals surface area contributed by atoms with Crippen LogP contribution in [0, 0.1) is 17.1 Å². The highest BCUT2D eigenvalue weighted by Gasteiger charge is 2.14.